The van der Waals surface area contributed by atoms with Gasteiger partial charge in [-0.2, -0.15) is 5.10 Å². The molecule has 1 aromatic carbocycles. The number of phenolic OH excluding ortho intramolecular Hbond substituents is 1. The molecule has 11 nitrogen and oxygen atoms in total. The fourth-order valence-electron chi connectivity index (χ4n) is 3.48. The van der Waals surface area contributed by atoms with Gasteiger partial charge < -0.3 is 10.0 Å². The highest BCUT2D eigenvalue weighted by Gasteiger charge is 2.50. The number of hydrazone groups is 1. The molecule has 2 aliphatic rings. The molecule has 0 saturated carbocycles. The van der Waals surface area contributed by atoms with Crippen LogP contribution < -0.4 is 10.3 Å². The van der Waals surface area contributed by atoms with Crippen molar-refractivity contribution in [1.29, 1.82) is 0 Å². The van der Waals surface area contributed by atoms with Crippen LogP contribution in [0, 0.1) is 0 Å². The Morgan fingerprint density at radius 2 is 2.00 bits per heavy atom. The third kappa shape index (κ3) is 4.25. The molecule has 1 fully saturated rings. The van der Waals surface area contributed by atoms with Gasteiger partial charge in [-0.15, -0.1) is 0 Å². The van der Waals surface area contributed by atoms with Crippen molar-refractivity contribution in [3.63, 3.8) is 0 Å². The van der Waals surface area contributed by atoms with E-state index in [1.54, 1.807) is 12.1 Å². The minimum atomic E-state index is -0.834. The Morgan fingerprint density at radius 3 is 2.65 bits per heavy atom. The van der Waals surface area contributed by atoms with Gasteiger partial charge in [-0.3, -0.25) is 19.4 Å². The molecular formula is C20H26N7O4+. The van der Waals surface area contributed by atoms with E-state index in [-0.39, 0.29) is 18.1 Å². The fraction of sp³-hybridized carbons (Fsp3) is 0.400. The first-order chi connectivity index (χ1) is 14.8. The third-order valence-corrected chi connectivity index (χ3v) is 5.26. The van der Waals surface area contributed by atoms with Crippen LogP contribution in [0.5, 0.6) is 5.75 Å². The second-order valence-electron chi connectivity index (χ2n) is 7.13. The molecule has 2 N–H and O–H groups in total. The van der Waals surface area contributed by atoms with E-state index in [0.717, 1.165) is 23.7 Å². The smallest absolute Gasteiger partial charge is 0.333 e. The molecule has 11 heteroatoms. The van der Waals surface area contributed by atoms with E-state index in [2.05, 4.69) is 20.4 Å². The number of aliphatic imine (C=N–C) groups is 1. The van der Waals surface area contributed by atoms with Crippen LogP contribution in [0.1, 0.15) is 19.4 Å². The Kier molecular flexibility index (Phi) is 6.33. The van der Waals surface area contributed by atoms with Crippen molar-refractivity contribution in [2.45, 2.75) is 19.9 Å². The number of rotatable bonds is 7. The summed E-state index contributed by atoms with van der Waals surface area (Å²) in [7, 11) is 2.91. The van der Waals surface area contributed by atoms with E-state index in [9.17, 15) is 19.5 Å². The quantitative estimate of drug-likeness (QED) is 0.361. The molecule has 2 aliphatic heterocycles. The molecule has 1 unspecified atom stereocenters. The summed E-state index contributed by atoms with van der Waals surface area (Å²) in [6.45, 7) is 5.53. The van der Waals surface area contributed by atoms with E-state index >= 15 is 0 Å². The van der Waals surface area contributed by atoms with Crippen molar-refractivity contribution in [2.75, 3.05) is 38.6 Å². The summed E-state index contributed by atoms with van der Waals surface area (Å²) >= 11 is 0. The summed E-state index contributed by atoms with van der Waals surface area (Å²) in [6, 6.07) is 3.93. The van der Waals surface area contributed by atoms with Gasteiger partial charge in [0.05, 0.1) is 6.21 Å². The molecule has 0 aromatic heterocycles. The zero-order chi connectivity index (χ0) is 22.7. The molecule has 0 spiro atoms. The first kappa shape index (κ1) is 21.9. The Balaban J connectivity index is 1.61. The van der Waals surface area contributed by atoms with E-state index in [0.29, 0.717) is 5.56 Å². The molecule has 1 aromatic rings. The topological polar surface area (TPSA) is 121 Å². The highest BCUT2D eigenvalue weighted by molar-refractivity contribution is 6.21. The van der Waals surface area contributed by atoms with Crippen molar-refractivity contribution in [2.24, 2.45) is 10.1 Å². The molecule has 0 radical (unpaired) electrons. The first-order valence-corrected chi connectivity index (χ1v) is 9.90. The number of likely N-dealkylation sites (N-methyl/N-ethyl adjacent to an activating group) is 2. The molecule has 0 bridgehead atoms. The van der Waals surface area contributed by atoms with Crippen LogP contribution in [0.3, 0.4) is 0 Å². The molecule has 0 aliphatic carbocycles. The van der Waals surface area contributed by atoms with Gasteiger partial charge in [-0.25, -0.2) is 14.8 Å². The standard InChI is InChI=1S/C20H25N7O4/c1-5-26(6-2)14-8-7-13(15(28)9-14)10-22-23-16(29)11-27-12-21-18-17(27)19(30)25(4)20(31)24(18)3/h7-10,12,17H,5-6,11H2,1-4H3,(H-,22,23,28,29)/p+1. The summed E-state index contributed by atoms with van der Waals surface area (Å²) in [4.78, 5) is 45.2. The number of anilines is 1. The van der Waals surface area contributed by atoms with Gasteiger partial charge in [0.2, 0.25) is 0 Å². The van der Waals surface area contributed by atoms with Crippen LogP contribution >= 0.6 is 0 Å². The number of nitrogens with zero attached hydrogens (tertiary/aromatic N) is 6. The normalized spacial score (nSPS) is 18.3. The SMILES string of the molecule is CCN(CC)c1ccc(/C=N/NC(=O)C[N+]2=CN=C3C2C(=O)N(C)C(=O)N3C)c(O)c1. The average Bonchev–Trinajstić information content (AvgIpc) is 3.16. The van der Waals surface area contributed by atoms with Crippen molar-refractivity contribution in [3.05, 3.63) is 23.8 Å². The van der Waals surface area contributed by atoms with Crippen LogP contribution in [0.2, 0.25) is 0 Å². The Hall–Kier alpha value is -3.76. The lowest BCUT2D eigenvalue weighted by Crippen LogP contribution is -2.61. The summed E-state index contributed by atoms with van der Waals surface area (Å²) in [6.07, 6.45) is 2.71. The largest absolute Gasteiger partial charge is 0.507 e. The molecular weight excluding hydrogens is 402 g/mol. The van der Waals surface area contributed by atoms with Gasteiger partial charge in [0.1, 0.15) is 5.75 Å². The number of imide groups is 1. The van der Waals surface area contributed by atoms with Crippen molar-refractivity contribution in [1.82, 2.24) is 15.2 Å². The highest BCUT2D eigenvalue weighted by atomic mass is 16.3. The Morgan fingerprint density at radius 1 is 1.29 bits per heavy atom. The summed E-state index contributed by atoms with van der Waals surface area (Å²) < 4.78 is 1.44. The number of aromatic hydroxyl groups is 1. The maximum atomic E-state index is 12.5. The van der Waals surface area contributed by atoms with Gasteiger partial charge in [0.15, 0.2) is 6.54 Å². The van der Waals surface area contributed by atoms with Crippen LogP contribution in [-0.4, -0.2) is 95.5 Å². The number of carbonyl (C=O) groups is 3. The number of hydrogen-bond acceptors (Lipinski definition) is 7. The number of nitrogens with one attached hydrogen (secondary N) is 1. The molecule has 3 rings (SSSR count). The van der Waals surface area contributed by atoms with Crippen molar-refractivity contribution < 1.29 is 24.1 Å². The molecule has 164 valence electrons. The maximum absolute atomic E-state index is 12.5. The predicted molar refractivity (Wildman–Crippen MR) is 116 cm³/mol. The van der Waals surface area contributed by atoms with Crippen molar-refractivity contribution >= 4 is 41.9 Å². The van der Waals surface area contributed by atoms with E-state index in [1.807, 2.05) is 19.9 Å². The summed E-state index contributed by atoms with van der Waals surface area (Å²) in [5.41, 5.74) is 3.73. The number of fused-ring (bicyclic) bond motifs is 1. The first-order valence-electron chi connectivity index (χ1n) is 9.90. The molecule has 2 heterocycles. The van der Waals surface area contributed by atoms with Gasteiger partial charge >= 0.3 is 6.03 Å². The number of urea groups is 1. The number of hydrogen-bond donors (Lipinski definition) is 2. The van der Waals surface area contributed by atoms with Crippen molar-refractivity contribution in [3.8, 4) is 5.75 Å². The van der Waals surface area contributed by atoms with Gasteiger partial charge in [-0.1, -0.05) is 0 Å². The molecule has 1 atom stereocenters. The number of amides is 4. The molecule has 1 saturated heterocycles. The monoisotopic (exact) mass is 428 g/mol. The molecule has 4 amide bonds. The minimum Gasteiger partial charge on any atom is -0.507 e. The van der Waals surface area contributed by atoms with Crippen LogP contribution in [0.4, 0.5) is 10.5 Å². The summed E-state index contributed by atoms with van der Waals surface area (Å²) in [5, 5.41) is 14.1. The second kappa shape index (κ2) is 8.94. The fourth-order valence-corrected chi connectivity index (χ4v) is 3.48. The van der Waals surface area contributed by atoms with E-state index < -0.39 is 23.9 Å². The minimum absolute atomic E-state index is 0.0526. The Labute approximate surface area is 180 Å². The zero-order valence-electron chi connectivity index (χ0n) is 17.9. The lowest BCUT2D eigenvalue weighted by atomic mass is 10.1. The number of benzene rings is 1. The van der Waals surface area contributed by atoms with Gasteiger partial charge in [0, 0.05) is 44.5 Å². The van der Waals surface area contributed by atoms with Crippen LogP contribution in [0.15, 0.2) is 28.3 Å². The number of carbonyl (C=O) groups excluding carboxylic acids is 3. The number of amidine groups is 1. The van der Waals surface area contributed by atoms with Gasteiger partial charge in [-0.05, 0) is 31.0 Å². The van der Waals surface area contributed by atoms with E-state index in [1.165, 1.54) is 36.1 Å². The average molecular weight is 428 g/mol. The van der Waals surface area contributed by atoms with E-state index in [4.69, 9.17) is 0 Å². The zero-order valence-corrected chi connectivity index (χ0v) is 17.9. The maximum Gasteiger partial charge on any atom is 0.333 e. The highest BCUT2D eigenvalue weighted by Crippen LogP contribution is 2.23. The van der Waals surface area contributed by atoms with Gasteiger partial charge in [0.25, 0.3) is 30.0 Å². The number of phenols is 1. The Bertz CT molecular complexity index is 997. The van der Waals surface area contributed by atoms with Crippen LogP contribution in [-0.2, 0) is 9.59 Å². The lowest BCUT2D eigenvalue weighted by molar-refractivity contribution is -0.519. The summed E-state index contributed by atoms with van der Waals surface area (Å²) in [5.74, 6) is -0.595. The second-order valence-corrected chi connectivity index (χ2v) is 7.13. The third-order valence-electron chi connectivity index (χ3n) is 5.26. The predicted octanol–water partition coefficient (Wildman–Crippen LogP) is 0.0338. The molecule has 31 heavy (non-hydrogen) atoms. The van der Waals surface area contributed by atoms with Crippen LogP contribution in [0.25, 0.3) is 0 Å². The lowest BCUT2D eigenvalue weighted by Gasteiger charge is -2.30.